The van der Waals surface area contributed by atoms with Gasteiger partial charge in [0, 0.05) is 5.56 Å². The smallest absolute Gasteiger partial charge is 0.292 e. The van der Waals surface area contributed by atoms with E-state index in [9.17, 15) is 4.79 Å². The first-order valence-electron chi connectivity index (χ1n) is 7.99. The zero-order valence-corrected chi connectivity index (χ0v) is 14.0. The number of fused-ring (bicyclic) bond motifs is 3. The van der Waals surface area contributed by atoms with Gasteiger partial charge in [-0.3, -0.25) is 4.79 Å². The molecule has 0 radical (unpaired) electrons. The lowest BCUT2D eigenvalue weighted by Crippen LogP contribution is -2.26. The molecular weight excluding hydrogens is 314 g/mol. The summed E-state index contributed by atoms with van der Waals surface area (Å²) in [5.41, 5.74) is 3.40. The van der Waals surface area contributed by atoms with Crippen LogP contribution in [-0.2, 0) is 0 Å². The highest BCUT2D eigenvalue weighted by Gasteiger charge is 2.17. The van der Waals surface area contributed by atoms with Crippen LogP contribution in [0.2, 0.25) is 0 Å². The van der Waals surface area contributed by atoms with E-state index in [0.29, 0.717) is 11.1 Å². The van der Waals surface area contributed by atoms with Crippen molar-refractivity contribution in [2.75, 3.05) is 14.2 Å². The highest BCUT2D eigenvalue weighted by Crippen LogP contribution is 2.33. The van der Waals surface area contributed by atoms with Crippen LogP contribution < -0.4 is 15.1 Å². The molecule has 2 aliphatic rings. The number of rotatable bonds is 3. The Morgan fingerprint density at radius 3 is 2.32 bits per heavy atom. The van der Waals surface area contributed by atoms with Crippen LogP contribution in [0.3, 0.4) is 0 Å². The molecule has 0 saturated heterocycles. The molecule has 2 aromatic rings. The normalized spacial score (nSPS) is 11.0. The van der Waals surface area contributed by atoms with E-state index in [0.717, 1.165) is 27.8 Å². The lowest BCUT2D eigenvalue weighted by molar-refractivity contribution is 0.163. The van der Waals surface area contributed by atoms with Crippen molar-refractivity contribution in [2.24, 2.45) is 0 Å². The van der Waals surface area contributed by atoms with Crippen molar-refractivity contribution in [3.63, 3.8) is 0 Å². The van der Waals surface area contributed by atoms with Crippen molar-refractivity contribution < 1.29 is 9.57 Å². The molecule has 0 fully saturated rings. The minimum atomic E-state index is -0.160. The summed E-state index contributed by atoms with van der Waals surface area (Å²) in [7, 11) is 3.13. The third-order valence-electron chi connectivity index (χ3n) is 4.42. The van der Waals surface area contributed by atoms with Crippen LogP contribution >= 0.6 is 0 Å². The molecule has 0 unspecified atom stereocenters. The zero-order valence-electron chi connectivity index (χ0n) is 14.0. The molecule has 0 N–H and O–H groups in total. The molecule has 25 heavy (non-hydrogen) atoms. The Labute approximate surface area is 145 Å². The third-order valence-corrected chi connectivity index (χ3v) is 4.42. The maximum Gasteiger partial charge on any atom is 0.292 e. The molecule has 0 aliphatic heterocycles. The Balaban J connectivity index is 2.04. The number of hydrogen-bond donors (Lipinski definition) is 0. The highest BCUT2D eigenvalue weighted by atomic mass is 16.6. The maximum atomic E-state index is 13.1. The number of nitrogens with zero attached hydrogens (tertiary/aromatic N) is 1. The van der Waals surface area contributed by atoms with Crippen molar-refractivity contribution in [1.82, 2.24) is 4.73 Å². The molecule has 0 spiro atoms. The van der Waals surface area contributed by atoms with Gasteiger partial charge < -0.3 is 9.57 Å². The Bertz CT molecular complexity index is 1080. The van der Waals surface area contributed by atoms with Gasteiger partial charge in [-0.1, -0.05) is 30.3 Å². The highest BCUT2D eigenvalue weighted by molar-refractivity contribution is 6.02. The van der Waals surface area contributed by atoms with Gasteiger partial charge in [0.15, 0.2) is 0 Å². The average Bonchev–Trinajstić information content (AvgIpc) is 2.83. The van der Waals surface area contributed by atoms with Gasteiger partial charge in [0.25, 0.3) is 5.56 Å². The average molecular weight is 331 g/mol. The van der Waals surface area contributed by atoms with Crippen LogP contribution in [0.15, 0.2) is 71.5 Å². The van der Waals surface area contributed by atoms with Crippen molar-refractivity contribution in [3.05, 3.63) is 77.1 Å². The molecule has 4 rings (SSSR count). The lowest BCUT2D eigenvalue weighted by atomic mass is 10.1. The van der Waals surface area contributed by atoms with E-state index < -0.39 is 0 Å². The first-order chi connectivity index (χ1) is 12.2. The van der Waals surface area contributed by atoms with E-state index in [-0.39, 0.29) is 5.56 Å². The SMILES string of the molecule is COc1ccc(-c2cc3cc4cccccc-4c3c(=O)n2OC)cc1. The summed E-state index contributed by atoms with van der Waals surface area (Å²) in [6, 6.07) is 21.4. The predicted molar refractivity (Wildman–Crippen MR) is 99.3 cm³/mol. The largest absolute Gasteiger partial charge is 0.497 e. The molecule has 1 aromatic carbocycles. The molecule has 2 aliphatic carbocycles. The van der Waals surface area contributed by atoms with Crippen molar-refractivity contribution >= 4 is 10.8 Å². The molecule has 0 saturated carbocycles. The Morgan fingerprint density at radius 2 is 1.60 bits per heavy atom. The summed E-state index contributed by atoms with van der Waals surface area (Å²) in [6.45, 7) is 0. The van der Waals surface area contributed by atoms with Gasteiger partial charge in [0.1, 0.15) is 12.9 Å². The predicted octanol–water partition coefficient (Wildman–Crippen LogP) is 3.84. The number of benzene rings is 1. The Morgan fingerprint density at radius 1 is 0.840 bits per heavy atom. The van der Waals surface area contributed by atoms with Gasteiger partial charge in [-0.15, -0.1) is 4.73 Å². The van der Waals surface area contributed by atoms with Gasteiger partial charge in [0.2, 0.25) is 0 Å². The van der Waals surface area contributed by atoms with E-state index >= 15 is 0 Å². The fraction of sp³-hybridized carbons (Fsp3) is 0.0952. The number of aromatic nitrogens is 1. The fourth-order valence-electron chi connectivity index (χ4n) is 3.22. The number of methoxy groups -OCH3 is 1. The topological polar surface area (TPSA) is 40.5 Å². The molecule has 4 nitrogen and oxygen atoms in total. The Hall–Kier alpha value is -3.27. The van der Waals surface area contributed by atoms with Crippen molar-refractivity contribution in [1.29, 1.82) is 0 Å². The summed E-state index contributed by atoms with van der Waals surface area (Å²) >= 11 is 0. The maximum absolute atomic E-state index is 13.1. The fourth-order valence-corrected chi connectivity index (χ4v) is 3.22. The number of ether oxygens (including phenoxy) is 1. The number of pyridine rings is 1. The summed E-state index contributed by atoms with van der Waals surface area (Å²) in [4.78, 5) is 18.5. The quantitative estimate of drug-likeness (QED) is 0.573. The second-order valence-electron chi connectivity index (χ2n) is 5.79. The standard InChI is InChI=1S/C21H17NO3/c1-24-17-10-8-14(9-11-17)19-13-16-12-15-6-4-3-5-7-18(15)20(16)21(23)22(19)25-2/h3-13H,1-2H3. The number of hydrogen-bond acceptors (Lipinski definition) is 3. The van der Waals surface area contributed by atoms with Crippen molar-refractivity contribution in [2.45, 2.75) is 0 Å². The summed E-state index contributed by atoms with van der Waals surface area (Å²) in [6.07, 6.45) is 0. The molecule has 4 heteroatoms. The van der Waals surface area contributed by atoms with Crippen molar-refractivity contribution in [3.8, 4) is 28.1 Å². The van der Waals surface area contributed by atoms with E-state index in [1.165, 1.54) is 11.8 Å². The summed E-state index contributed by atoms with van der Waals surface area (Å²) in [5.74, 6) is 0.766. The van der Waals surface area contributed by atoms with Gasteiger partial charge in [-0.25, -0.2) is 0 Å². The van der Waals surface area contributed by atoms with E-state index in [2.05, 4.69) is 0 Å². The van der Waals surface area contributed by atoms with Crippen LogP contribution in [0, 0.1) is 0 Å². The van der Waals surface area contributed by atoms with Crippen LogP contribution in [0.1, 0.15) is 0 Å². The van der Waals surface area contributed by atoms with Gasteiger partial charge in [-0.05, 0) is 52.9 Å². The summed E-state index contributed by atoms with van der Waals surface area (Å²) in [5, 5.41) is 1.58. The second kappa shape index (κ2) is 5.98. The molecule has 1 heterocycles. The molecule has 0 atom stereocenters. The minimum absolute atomic E-state index is 0.160. The molecule has 0 amide bonds. The van der Waals surface area contributed by atoms with E-state index in [1.54, 1.807) is 7.11 Å². The van der Waals surface area contributed by atoms with Gasteiger partial charge >= 0.3 is 0 Å². The minimum Gasteiger partial charge on any atom is -0.497 e. The third kappa shape index (κ3) is 2.43. The Kier molecular flexibility index (Phi) is 3.65. The molecular formula is C21H17NO3. The summed E-state index contributed by atoms with van der Waals surface area (Å²) < 4.78 is 6.55. The molecule has 1 aromatic heterocycles. The van der Waals surface area contributed by atoms with Gasteiger partial charge in [-0.2, -0.15) is 0 Å². The first-order valence-corrected chi connectivity index (χ1v) is 7.99. The van der Waals surface area contributed by atoms with Gasteiger partial charge in [0.05, 0.1) is 18.2 Å². The van der Waals surface area contributed by atoms with Crippen LogP contribution in [0.5, 0.6) is 5.75 Å². The van der Waals surface area contributed by atoms with Crippen LogP contribution in [0.4, 0.5) is 0 Å². The molecule has 0 bridgehead atoms. The lowest BCUT2D eigenvalue weighted by Gasteiger charge is -2.12. The monoisotopic (exact) mass is 331 g/mol. The van der Waals surface area contributed by atoms with E-state index in [4.69, 9.17) is 9.57 Å². The van der Waals surface area contributed by atoms with Crippen LogP contribution in [0.25, 0.3) is 33.2 Å². The second-order valence-corrected chi connectivity index (χ2v) is 5.79. The van der Waals surface area contributed by atoms with E-state index in [1.807, 2.05) is 66.7 Å². The van der Waals surface area contributed by atoms with Crippen LogP contribution in [-0.4, -0.2) is 19.0 Å². The molecule has 124 valence electrons. The zero-order chi connectivity index (χ0) is 17.4. The first kappa shape index (κ1) is 15.3.